The second-order valence-corrected chi connectivity index (χ2v) is 8.16. The second-order valence-electron chi connectivity index (χ2n) is 8.16. The second kappa shape index (κ2) is 9.81. The minimum absolute atomic E-state index is 0.0408. The van der Waals surface area contributed by atoms with Crippen molar-refractivity contribution in [2.75, 3.05) is 18.8 Å². The van der Waals surface area contributed by atoms with Crippen LogP contribution < -0.4 is 11.1 Å². The molecule has 0 bridgehead atoms. The first kappa shape index (κ1) is 22.5. The number of rotatable bonds is 6. The van der Waals surface area contributed by atoms with Crippen LogP contribution in [0.4, 0.5) is 5.69 Å². The molecule has 4 rings (SSSR count). The Balaban J connectivity index is 1.59. The summed E-state index contributed by atoms with van der Waals surface area (Å²) in [4.78, 5) is 36.4. The highest BCUT2D eigenvalue weighted by molar-refractivity contribution is 5.97. The Bertz CT molecular complexity index is 1170. The Morgan fingerprint density at radius 1 is 1.12 bits per heavy atom. The van der Waals surface area contributed by atoms with E-state index >= 15 is 0 Å². The summed E-state index contributed by atoms with van der Waals surface area (Å²) in [6.45, 7) is 5.11. The maximum atomic E-state index is 13.0. The van der Waals surface area contributed by atoms with Gasteiger partial charge < -0.3 is 16.0 Å². The van der Waals surface area contributed by atoms with E-state index < -0.39 is 0 Å². The third-order valence-electron chi connectivity index (χ3n) is 6.15. The number of aryl methyl sites for hydroxylation is 1. The molecule has 0 unspecified atom stereocenters. The Kier molecular flexibility index (Phi) is 6.68. The molecule has 2 aromatic carbocycles. The third-order valence-corrected chi connectivity index (χ3v) is 6.15. The van der Waals surface area contributed by atoms with Crippen LogP contribution in [0.3, 0.4) is 0 Å². The van der Waals surface area contributed by atoms with Crippen molar-refractivity contribution in [3.63, 3.8) is 0 Å². The number of nitrogens with one attached hydrogen (secondary N) is 1. The molecule has 3 N–H and O–H groups in total. The highest BCUT2D eigenvalue weighted by atomic mass is 16.2. The Hall–Kier alpha value is -3.74. The third kappa shape index (κ3) is 4.72. The fraction of sp³-hybridized carbons (Fsp3) is 0.308. The number of nitrogens with two attached hydrogens (primary N) is 1. The van der Waals surface area contributed by atoms with Crippen LogP contribution in [-0.4, -0.2) is 39.8 Å². The van der Waals surface area contributed by atoms with Gasteiger partial charge >= 0.3 is 0 Å². The number of benzene rings is 2. The molecule has 0 spiro atoms. The van der Waals surface area contributed by atoms with Crippen LogP contribution in [0.15, 0.2) is 54.7 Å². The summed E-state index contributed by atoms with van der Waals surface area (Å²) in [5, 5.41) is 3.12. The van der Waals surface area contributed by atoms with Crippen LogP contribution in [0.25, 0.3) is 11.4 Å². The molecule has 0 saturated carbocycles. The molecule has 1 aromatic heterocycles. The molecule has 3 aromatic rings. The molecule has 1 heterocycles. The van der Waals surface area contributed by atoms with E-state index in [2.05, 4.69) is 27.4 Å². The van der Waals surface area contributed by atoms with Gasteiger partial charge in [-0.2, -0.15) is 0 Å². The minimum Gasteiger partial charge on any atom is -0.398 e. The lowest BCUT2D eigenvalue weighted by Crippen LogP contribution is -2.31. The molecule has 0 saturated heterocycles. The van der Waals surface area contributed by atoms with Gasteiger partial charge in [0.25, 0.3) is 11.8 Å². The Labute approximate surface area is 194 Å². The summed E-state index contributed by atoms with van der Waals surface area (Å²) in [6, 6.07) is 14.9. The molecule has 1 aliphatic carbocycles. The maximum Gasteiger partial charge on any atom is 0.270 e. The quantitative estimate of drug-likeness (QED) is 0.561. The average molecular weight is 444 g/mol. The lowest BCUT2D eigenvalue weighted by Gasteiger charge is -2.26. The Morgan fingerprint density at radius 3 is 2.70 bits per heavy atom. The summed E-state index contributed by atoms with van der Waals surface area (Å²) in [6.07, 6.45) is 4.50. The van der Waals surface area contributed by atoms with Crippen LogP contribution in [0.2, 0.25) is 0 Å². The zero-order valence-electron chi connectivity index (χ0n) is 19.0. The maximum absolute atomic E-state index is 13.0. The van der Waals surface area contributed by atoms with Gasteiger partial charge in [0.2, 0.25) is 0 Å². The van der Waals surface area contributed by atoms with Gasteiger partial charge in [-0.05, 0) is 68.5 Å². The van der Waals surface area contributed by atoms with E-state index in [1.54, 1.807) is 35.4 Å². The SMILES string of the molecule is CCN(CC)C(=O)c1ccc(N)c(-c2nccc(C(=O)N[C@H]3CCCc4ccccc43)n2)c1. The van der Waals surface area contributed by atoms with E-state index in [4.69, 9.17) is 5.73 Å². The first-order chi connectivity index (χ1) is 16.0. The van der Waals surface area contributed by atoms with Gasteiger partial charge in [0, 0.05) is 36.1 Å². The lowest BCUT2D eigenvalue weighted by molar-refractivity contribution is 0.0772. The van der Waals surface area contributed by atoms with E-state index in [0.717, 1.165) is 19.3 Å². The van der Waals surface area contributed by atoms with Crippen LogP contribution in [0.1, 0.15) is 64.7 Å². The number of hydrogen-bond acceptors (Lipinski definition) is 5. The Morgan fingerprint density at radius 2 is 1.91 bits per heavy atom. The standard InChI is InChI=1S/C26H29N5O2/c1-3-31(4-2)26(33)18-12-13-21(27)20(16-18)24-28-15-14-23(29-24)25(32)30-22-11-7-9-17-8-5-6-10-19(17)22/h5-6,8,10,12-16,22H,3-4,7,9,11,27H2,1-2H3,(H,30,32)/t22-/m0/s1. The number of hydrogen-bond donors (Lipinski definition) is 2. The minimum atomic E-state index is -0.255. The van der Waals surface area contributed by atoms with Crippen molar-refractivity contribution in [3.8, 4) is 11.4 Å². The molecule has 33 heavy (non-hydrogen) atoms. The van der Waals surface area contributed by atoms with Crippen molar-refractivity contribution in [1.29, 1.82) is 0 Å². The molecule has 7 heteroatoms. The summed E-state index contributed by atoms with van der Waals surface area (Å²) in [5.74, 6) is -0.0150. The lowest BCUT2D eigenvalue weighted by atomic mass is 9.87. The van der Waals surface area contributed by atoms with E-state index in [-0.39, 0.29) is 23.6 Å². The number of fused-ring (bicyclic) bond motifs is 1. The van der Waals surface area contributed by atoms with Gasteiger partial charge in [0.15, 0.2) is 5.82 Å². The summed E-state index contributed by atoms with van der Waals surface area (Å²) in [7, 11) is 0. The normalized spacial score (nSPS) is 14.9. The van der Waals surface area contributed by atoms with Crippen LogP contribution in [0.5, 0.6) is 0 Å². The number of nitrogens with zero attached hydrogens (tertiary/aromatic N) is 3. The monoisotopic (exact) mass is 443 g/mol. The predicted octanol–water partition coefficient (Wildman–Crippen LogP) is 4.02. The highest BCUT2D eigenvalue weighted by Gasteiger charge is 2.23. The molecule has 7 nitrogen and oxygen atoms in total. The molecule has 1 atom stereocenters. The van der Waals surface area contributed by atoms with Gasteiger partial charge in [-0.25, -0.2) is 9.97 Å². The molecule has 1 aliphatic rings. The van der Waals surface area contributed by atoms with Crippen molar-refractivity contribution in [2.45, 2.75) is 39.2 Å². The van der Waals surface area contributed by atoms with E-state index in [0.29, 0.717) is 35.7 Å². The average Bonchev–Trinajstić information content (AvgIpc) is 2.85. The number of carbonyl (C=O) groups excluding carboxylic acids is 2. The van der Waals surface area contributed by atoms with Gasteiger partial charge in [0.05, 0.1) is 6.04 Å². The van der Waals surface area contributed by atoms with Gasteiger partial charge in [-0.1, -0.05) is 24.3 Å². The van der Waals surface area contributed by atoms with Gasteiger partial charge in [-0.15, -0.1) is 0 Å². The van der Waals surface area contributed by atoms with Crippen LogP contribution in [0, 0.1) is 0 Å². The summed E-state index contributed by atoms with van der Waals surface area (Å²) in [5.41, 5.74) is 10.4. The van der Waals surface area contributed by atoms with E-state index in [1.165, 1.54) is 11.1 Å². The van der Waals surface area contributed by atoms with Crippen molar-refractivity contribution < 1.29 is 9.59 Å². The number of anilines is 1. The molecule has 0 aliphatic heterocycles. The number of carbonyl (C=O) groups is 2. The highest BCUT2D eigenvalue weighted by Crippen LogP contribution is 2.30. The molecule has 2 amide bonds. The smallest absolute Gasteiger partial charge is 0.270 e. The molecule has 170 valence electrons. The fourth-order valence-corrected chi connectivity index (χ4v) is 4.33. The van der Waals surface area contributed by atoms with Crippen molar-refractivity contribution in [3.05, 3.63) is 77.1 Å². The molecular weight excluding hydrogens is 414 g/mol. The van der Waals surface area contributed by atoms with Crippen molar-refractivity contribution in [1.82, 2.24) is 20.2 Å². The first-order valence-corrected chi connectivity index (χ1v) is 11.4. The van der Waals surface area contributed by atoms with Crippen LogP contribution >= 0.6 is 0 Å². The zero-order chi connectivity index (χ0) is 23.4. The fourth-order valence-electron chi connectivity index (χ4n) is 4.33. The topological polar surface area (TPSA) is 101 Å². The number of amides is 2. The van der Waals surface area contributed by atoms with E-state index in [1.807, 2.05) is 26.0 Å². The van der Waals surface area contributed by atoms with Gasteiger partial charge in [0.1, 0.15) is 5.69 Å². The van der Waals surface area contributed by atoms with Crippen molar-refractivity contribution >= 4 is 17.5 Å². The summed E-state index contributed by atoms with van der Waals surface area (Å²) >= 11 is 0. The summed E-state index contributed by atoms with van der Waals surface area (Å²) < 4.78 is 0. The predicted molar refractivity (Wildman–Crippen MR) is 129 cm³/mol. The van der Waals surface area contributed by atoms with E-state index in [9.17, 15) is 9.59 Å². The van der Waals surface area contributed by atoms with Crippen LogP contribution in [-0.2, 0) is 6.42 Å². The van der Waals surface area contributed by atoms with Crippen molar-refractivity contribution in [2.24, 2.45) is 0 Å². The van der Waals surface area contributed by atoms with Gasteiger partial charge in [-0.3, -0.25) is 9.59 Å². The largest absolute Gasteiger partial charge is 0.398 e. The first-order valence-electron chi connectivity index (χ1n) is 11.4. The number of aromatic nitrogens is 2. The number of nitrogen functional groups attached to an aromatic ring is 1. The zero-order valence-corrected chi connectivity index (χ0v) is 19.0. The molecule has 0 radical (unpaired) electrons. The molecule has 0 fully saturated rings. The molecular formula is C26H29N5O2.